The third kappa shape index (κ3) is 4.36. The zero-order valence-electron chi connectivity index (χ0n) is 11.4. The monoisotopic (exact) mass is 290 g/mol. The van der Waals surface area contributed by atoms with Crippen molar-refractivity contribution in [1.82, 2.24) is 5.32 Å². The van der Waals surface area contributed by atoms with Gasteiger partial charge in [0.1, 0.15) is 0 Å². The van der Waals surface area contributed by atoms with Crippen molar-refractivity contribution >= 4 is 23.1 Å². The zero-order chi connectivity index (χ0) is 14.2. The van der Waals surface area contributed by atoms with E-state index in [2.05, 4.69) is 16.7 Å². The van der Waals surface area contributed by atoms with Crippen LogP contribution < -0.4 is 10.6 Å². The average Bonchev–Trinajstić information content (AvgIpc) is 2.94. The Morgan fingerprint density at radius 1 is 1.25 bits per heavy atom. The fraction of sp³-hybridized carbons (Fsp3) is 0.267. The van der Waals surface area contributed by atoms with Gasteiger partial charge in [-0.1, -0.05) is 24.3 Å². The van der Waals surface area contributed by atoms with Crippen LogP contribution in [0.25, 0.3) is 0 Å². The van der Waals surface area contributed by atoms with Gasteiger partial charge in [0, 0.05) is 29.8 Å². The predicted octanol–water partition coefficient (Wildman–Crippen LogP) is 3.26. The molecule has 2 aromatic rings. The van der Waals surface area contributed by atoms with Crippen LogP contribution in [0.3, 0.4) is 0 Å². The molecule has 106 valence electrons. The van der Waals surface area contributed by atoms with Crippen LogP contribution >= 0.6 is 11.3 Å². The molecule has 0 saturated heterocycles. The smallest absolute Gasteiger partial charge is 0.319 e. The summed E-state index contributed by atoms with van der Waals surface area (Å²) in [7, 11) is 1.64. The first-order chi connectivity index (χ1) is 9.79. The lowest BCUT2D eigenvalue weighted by molar-refractivity contribution is 0.185. The van der Waals surface area contributed by atoms with Gasteiger partial charge < -0.3 is 15.4 Å². The number of para-hydroxylation sites is 1. The van der Waals surface area contributed by atoms with E-state index in [0.29, 0.717) is 13.2 Å². The Bertz CT molecular complexity index is 541. The summed E-state index contributed by atoms with van der Waals surface area (Å²) in [6.45, 7) is 1.10. The Hall–Kier alpha value is -1.85. The highest BCUT2D eigenvalue weighted by Gasteiger charge is 2.05. The molecule has 0 aliphatic rings. The molecule has 0 radical (unpaired) electrons. The van der Waals surface area contributed by atoms with E-state index in [1.54, 1.807) is 18.4 Å². The van der Waals surface area contributed by atoms with E-state index in [-0.39, 0.29) is 6.03 Å². The standard InChI is InChI=1S/C15H18N2O2S/c1-19-11-12-5-2-3-7-14(12)17-15(18)16-9-8-13-6-4-10-20-13/h2-7,10H,8-9,11H2,1H3,(H2,16,17,18). The molecule has 0 bridgehead atoms. The van der Waals surface area contributed by atoms with E-state index in [9.17, 15) is 4.79 Å². The van der Waals surface area contributed by atoms with E-state index in [1.165, 1.54) is 4.88 Å². The first-order valence-corrected chi connectivity index (χ1v) is 7.31. The number of methoxy groups -OCH3 is 1. The lowest BCUT2D eigenvalue weighted by Gasteiger charge is -2.11. The molecule has 0 unspecified atom stereocenters. The van der Waals surface area contributed by atoms with Crippen molar-refractivity contribution in [3.63, 3.8) is 0 Å². The second-order valence-electron chi connectivity index (χ2n) is 4.30. The number of ether oxygens (including phenoxy) is 1. The summed E-state index contributed by atoms with van der Waals surface area (Å²) in [4.78, 5) is 13.1. The molecular formula is C15H18N2O2S. The summed E-state index contributed by atoms with van der Waals surface area (Å²) in [5.41, 5.74) is 1.74. The number of rotatable bonds is 6. The average molecular weight is 290 g/mol. The van der Waals surface area contributed by atoms with Crippen molar-refractivity contribution in [1.29, 1.82) is 0 Å². The van der Waals surface area contributed by atoms with Crippen LogP contribution in [0, 0.1) is 0 Å². The van der Waals surface area contributed by atoms with Crippen LogP contribution in [0.1, 0.15) is 10.4 Å². The topological polar surface area (TPSA) is 50.4 Å². The molecule has 2 amide bonds. The third-order valence-electron chi connectivity index (χ3n) is 2.80. The predicted molar refractivity (Wildman–Crippen MR) is 82.2 cm³/mol. The Kier molecular flexibility index (Phi) is 5.58. The third-order valence-corrected chi connectivity index (χ3v) is 3.74. The van der Waals surface area contributed by atoms with Crippen molar-refractivity contribution in [2.75, 3.05) is 19.0 Å². The van der Waals surface area contributed by atoms with Crippen LogP contribution in [-0.2, 0) is 17.8 Å². The minimum atomic E-state index is -0.190. The number of hydrogen-bond acceptors (Lipinski definition) is 3. The van der Waals surface area contributed by atoms with Crippen molar-refractivity contribution in [2.24, 2.45) is 0 Å². The molecule has 5 heteroatoms. The SMILES string of the molecule is COCc1ccccc1NC(=O)NCCc1cccs1. The Balaban J connectivity index is 1.82. The van der Waals surface area contributed by atoms with Gasteiger partial charge >= 0.3 is 6.03 Å². The Labute approximate surface area is 122 Å². The molecule has 2 rings (SSSR count). The van der Waals surface area contributed by atoms with E-state index in [1.807, 2.05) is 35.7 Å². The van der Waals surface area contributed by atoms with Crippen molar-refractivity contribution in [3.8, 4) is 0 Å². The summed E-state index contributed by atoms with van der Waals surface area (Å²) in [6.07, 6.45) is 0.852. The first-order valence-electron chi connectivity index (χ1n) is 6.43. The van der Waals surface area contributed by atoms with Crippen molar-refractivity contribution < 1.29 is 9.53 Å². The molecular weight excluding hydrogens is 272 g/mol. The zero-order valence-corrected chi connectivity index (χ0v) is 12.2. The van der Waals surface area contributed by atoms with Crippen LogP contribution in [0.2, 0.25) is 0 Å². The molecule has 0 fully saturated rings. The second-order valence-corrected chi connectivity index (χ2v) is 5.33. The van der Waals surface area contributed by atoms with E-state index < -0.39 is 0 Å². The van der Waals surface area contributed by atoms with Gasteiger partial charge in [-0.25, -0.2) is 4.79 Å². The normalized spacial score (nSPS) is 10.2. The van der Waals surface area contributed by atoms with Gasteiger partial charge in [0.2, 0.25) is 0 Å². The number of amides is 2. The highest BCUT2D eigenvalue weighted by molar-refractivity contribution is 7.09. The number of benzene rings is 1. The van der Waals surface area contributed by atoms with Gasteiger partial charge in [0.25, 0.3) is 0 Å². The maximum Gasteiger partial charge on any atom is 0.319 e. The minimum Gasteiger partial charge on any atom is -0.380 e. The number of thiophene rings is 1. The molecule has 0 aliphatic heterocycles. The number of hydrogen-bond donors (Lipinski definition) is 2. The van der Waals surface area contributed by atoms with Crippen LogP contribution in [0.5, 0.6) is 0 Å². The molecule has 1 aromatic carbocycles. The highest BCUT2D eigenvalue weighted by atomic mass is 32.1. The van der Waals surface area contributed by atoms with Gasteiger partial charge in [-0.05, 0) is 23.9 Å². The molecule has 0 saturated carbocycles. The van der Waals surface area contributed by atoms with E-state index in [0.717, 1.165) is 17.7 Å². The Morgan fingerprint density at radius 3 is 2.85 bits per heavy atom. The molecule has 2 N–H and O–H groups in total. The molecule has 20 heavy (non-hydrogen) atoms. The summed E-state index contributed by atoms with van der Waals surface area (Å²) >= 11 is 1.70. The van der Waals surface area contributed by atoms with E-state index in [4.69, 9.17) is 4.74 Å². The van der Waals surface area contributed by atoms with Crippen LogP contribution in [0.4, 0.5) is 10.5 Å². The summed E-state index contributed by atoms with van der Waals surface area (Å²) in [5, 5.41) is 7.74. The van der Waals surface area contributed by atoms with Crippen molar-refractivity contribution in [2.45, 2.75) is 13.0 Å². The number of carbonyl (C=O) groups excluding carboxylic acids is 1. The number of anilines is 1. The first kappa shape index (κ1) is 14.6. The molecule has 0 atom stereocenters. The number of nitrogens with one attached hydrogen (secondary N) is 2. The maximum atomic E-state index is 11.8. The quantitative estimate of drug-likeness (QED) is 0.858. The Morgan fingerprint density at radius 2 is 2.10 bits per heavy atom. The lowest BCUT2D eigenvalue weighted by atomic mass is 10.2. The fourth-order valence-corrected chi connectivity index (χ4v) is 2.55. The molecule has 1 heterocycles. The number of carbonyl (C=O) groups is 1. The second kappa shape index (κ2) is 7.67. The largest absolute Gasteiger partial charge is 0.380 e. The molecule has 0 aliphatic carbocycles. The fourth-order valence-electron chi connectivity index (χ4n) is 1.84. The van der Waals surface area contributed by atoms with Gasteiger partial charge in [0.05, 0.1) is 6.61 Å². The summed E-state index contributed by atoms with van der Waals surface area (Å²) in [6, 6.07) is 11.5. The van der Waals surface area contributed by atoms with Crippen LogP contribution in [-0.4, -0.2) is 19.7 Å². The van der Waals surface area contributed by atoms with Gasteiger partial charge in [0.15, 0.2) is 0 Å². The maximum absolute atomic E-state index is 11.8. The molecule has 1 aromatic heterocycles. The van der Waals surface area contributed by atoms with Gasteiger partial charge in [-0.2, -0.15) is 0 Å². The minimum absolute atomic E-state index is 0.190. The van der Waals surface area contributed by atoms with Crippen molar-refractivity contribution in [3.05, 3.63) is 52.2 Å². The summed E-state index contributed by atoms with van der Waals surface area (Å²) < 4.78 is 5.11. The molecule has 4 nitrogen and oxygen atoms in total. The molecule has 0 spiro atoms. The van der Waals surface area contributed by atoms with Crippen LogP contribution in [0.15, 0.2) is 41.8 Å². The lowest BCUT2D eigenvalue weighted by Crippen LogP contribution is -2.30. The summed E-state index contributed by atoms with van der Waals surface area (Å²) in [5.74, 6) is 0. The highest BCUT2D eigenvalue weighted by Crippen LogP contribution is 2.15. The van der Waals surface area contributed by atoms with Gasteiger partial charge in [-0.15, -0.1) is 11.3 Å². The number of urea groups is 1. The van der Waals surface area contributed by atoms with Gasteiger partial charge in [-0.3, -0.25) is 0 Å². The van der Waals surface area contributed by atoms with E-state index >= 15 is 0 Å².